The summed E-state index contributed by atoms with van der Waals surface area (Å²) >= 11 is 0. The quantitative estimate of drug-likeness (QED) is 0.340. The lowest BCUT2D eigenvalue weighted by Gasteiger charge is -2.28. The van der Waals surface area contributed by atoms with Crippen molar-refractivity contribution in [3.63, 3.8) is 0 Å². The van der Waals surface area contributed by atoms with Crippen LogP contribution in [0.3, 0.4) is 0 Å². The molecule has 1 aromatic rings. The molecule has 30 heavy (non-hydrogen) atoms. The summed E-state index contributed by atoms with van der Waals surface area (Å²) in [5.74, 6) is 1.31. The highest BCUT2D eigenvalue weighted by Gasteiger charge is 2.48. The Morgan fingerprint density at radius 3 is 2.80 bits per heavy atom. The second-order valence-electron chi connectivity index (χ2n) is 8.46. The van der Waals surface area contributed by atoms with E-state index in [-0.39, 0.29) is 6.42 Å². The molecule has 3 rings (SSSR count). The Labute approximate surface area is 180 Å². The van der Waals surface area contributed by atoms with Gasteiger partial charge in [-0.1, -0.05) is 24.3 Å². The molecule has 2 heterocycles. The standard InChI is InChI=1S/C25H36O5/c1-2-3-14-28-16-13-21-22(24-12-11-23(21)30-24)18-19-8-7-9-20(17-19)29-15-6-4-5-10-25(26)27/h2-3,7-9,17,21-24H,4-6,10-16,18H2,1H3,(H,26,27)/t21-,22+,23-,24+/m0/s1. The monoisotopic (exact) mass is 416 g/mol. The van der Waals surface area contributed by atoms with Crippen molar-refractivity contribution >= 4 is 5.97 Å². The molecule has 0 aliphatic carbocycles. The van der Waals surface area contributed by atoms with Crippen LogP contribution in [0.25, 0.3) is 0 Å². The van der Waals surface area contributed by atoms with Crippen molar-refractivity contribution in [2.45, 2.75) is 70.5 Å². The Balaban J connectivity index is 1.46. The number of unbranched alkanes of at least 4 members (excludes halogenated alkanes) is 2. The van der Waals surface area contributed by atoms with E-state index in [1.807, 2.05) is 25.1 Å². The van der Waals surface area contributed by atoms with Gasteiger partial charge in [0.1, 0.15) is 5.75 Å². The van der Waals surface area contributed by atoms with E-state index in [0.717, 1.165) is 38.0 Å². The number of rotatable bonds is 14. The van der Waals surface area contributed by atoms with Gasteiger partial charge in [-0.15, -0.1) is 0 Å². The highest BCUT2D eigenvalue weighted by molar-refractivity contribution is 5.66. The van der Waals surface area contributed by atoms with Crippen molar-refractivity contribution in [1.29, 1.82) is 0 Å². The fourth-order valence-corrected chi connectivity index (χ4v) is 4.80. The van der Waals surface area contributed by atoms with Crippen molar-refractivity contribution in [3.05, 3.63) is 42.0 Å². The minimum absolute atomic E-state index is 0.239. The molecule has 5 nitrogen and oxygen atoms in total. The first-order valence-electron chi connectivity index (χ1n) is 11.4. The van der Waals surface area contributed by atoms with Crippen LogP contribution in [-0.2, 0) is 20.7 Å². The molecule has 1 aromatic carbocycles. The molecule has 0 saturated carbocycles. The number of carboxylic acid groups (broad SMARTS) is 1. The molecule has 0 radical (unpaired) electrons. The van der Waals surface area contributed by atoms with E-state index in [2.05, 4.69) is 18.2 Å². The average Bonchev–Trinajstić information content (AvgIpc) is 3.33. The Morgan fingerprint density at radius 2 is 2.00 bits per heavy atom. The van der Waals surface area contributed by atoms with Crippen LogP contribution < -0.4 is 4.74 Å². The molecule has 0 amide bonds. The summed E-state index contributed by atoms with van der Waals surface area (Å²) in [7, 11) is 0. The van der Waals surface area contributed by atoms with Gasteiger partial charge in [0.05, 0.1) is 25.4 Å². The Bertz CT molecular complexity index is 686. The molecule has 4 atom stereocenters. The van der Waals surface area contributed by atoms with Gasteiger partial charge in [0.25, 0.3) is 0 Å². The topological polar surface area (TPSA) is 65.0 Å². The van der Waals surface area contributed by atoms with Crippen LogP contribution in [0.5, 0.6) is 5.75 Å². The number of fused-ring (bicyclic) bond motifs is 2. The third-order valence-corrected chi connectivity index (χ3v) is 6.31. The van der Waals surface area contributed by atoms with E-state index >= 15 is 0 Å². The second kappa shape index (κ2) is 12.1. The van der Waals surface area contributed by atoms with E-state index < -0.39 is 5.97 Å². The van der Waals surface area contributed by atoms with Crippen LogP contribution in [0, 0.1) is 11.8 Å². The molecule has 2 aliphatic rings. The zero-order chi connectivity index (χ0) is 21.2. The fraction of sp³-hybridized carbons (Fsp3) is 0.640. The third kappa shape index (κ3) is 6.85. The SMILES string of the molecule is CC=CCOCC[C@H]1[C@@H](Cc2cccc(OCCCCCC(=O)O)c2)[C@H]2CC[C@@H]1O2. The average molecular weight is 417 g/mol. The van der Waals surface area contributed by atoms with Crippen molar-refractivity contribution in [1.82, 2.24) is 0 Å². The lowest BCUT2D eigenvalue weighted by atomic mass is 9.75. The maximum absolute atomic E-state index is 10.6. The normalized spacial score (nSPS) is 25.2. The van der Waals surface area contributed by atoms with Crippen molar-refractivity contribution in [3.8, 4) is 5.75 Å². The minimum atomic E-state index is -0.726. The van der Waals surface area contributed by atoms with Crippen molar-refractivity contribution < 1.29 is 24.1 Å². The number of aliphatic carboxylic acids is 1. The van der Waals surface area contributed by atoms with E-state index in [0.29, 0.717) is 43.7 Å². The largest absolute Gasteiger partial charge is 0.494 e. The molecule has 0 unspecified atom stereocenters. The third-order valence-electron chi connectivity index (χ3n) is 6.31. The number of hydrogen-bond acceptors (Lipinski definition) is 4. The maximum Gasteiger partial charge on any atom is 0.303 e. The molecular formula is C25H36O5. The predicted octanol–water partition coefficient (Wildman–Crippen LogP) is 5.03. The Hall–Kier alpha value is -1.85. The lowest BCUT2D eigenvalue weighted by molar-refractivity contribution is -0.137. The summed E-state index contributed by atoms with van der Waals surface area (Å²) in [5.41, 5.74) is 1.30. The van der Waals surface area contributed by atoms with Gasteiger partial charge in [0.2, 0.25) is 0 Å². The summed E-state index contributed by atoms with van der Waals surface area (Å²) in [5, 5.41) is 8.69. The zero-order valence-electron chi connectivity index (χ0n) is 18.1. The summed E-state index contributed by atoms with van der Waals surface area (Å²) in [6.45, 7) is 4.13. The van der Waals surface area contributed by atoms with Crippen LogP contribution in [0.15, 0.2) is 36.4 Å². The second-order valence-corrected chi connectivity index (χ2v) is 8.46. The molecule has 2 bridgehead atoms. The van der Waals surface area contributed by atoms with Crippen LogP contribution in [0.1, 0.15) is 57.4 Å². The van der Waals surface area contributed by atoms with Crippen molar-refractivity contribution in [2.75, 3.05) is 19.8 Å². The van der Waals surface area contributed by atoms with Gasteiger partial charge in [-0.3, -0.25) is 4.79 Å². The smallest absolute Gasteiger partial charge is 0.303 e. The molecule has 166 valence electrons. The number of hydrogen-bond donors (Lipinski definition) is 1. The summed E-state index contributed by atoms with van der Waals surface area (Å²) in [6.07, 6.45) is 12.0. The van der Waals surface area contributed by atoms with Gasteiger partial charge in [-0.25, -0.2) is 0 Å². The van der Waals surface area contributed by atoms with Gasteiger partial charge in [0.15, 0.2) is 0 Å². The molecule has 1 N–H and O–H groups in total. The number of carboxylic acids is 1. The molecule has 5 heteroatoms. The van der Waals surface area contributed by atoms with E-state index in [1.54, 1.807) is 0 Å². The van der Waals surface area contributed by atoms with Crippen LogP contribution in [0.2, 0.25) is 0 Å². The predicted molar refractivity (Wildman–Crippen MR) is 117 cm³/mol. The number of carbonyl (C=O) groups is 1. The van der Waals surface area contributed by atoms with Gasteiger partial charge >= 0.3 is 5.97 Å². The van der Waals surface area contributed by atoms with E-state index in [4.69, 9.17) is 19.3 Å². The van der Waals surface area contributed by atoms with E-state index in [1.165, 1.54) is 18.4 Å². The fourth-order valence-electron chi connectivity index (χ4n) is 4.80. The minimum Gasteiger partial charge on any atom is -0.494 e. The van der Waals surface area contributed by atoms with Gasteiger partial charge < -0.3 is 19.3 Å². The summed E-state index contributed by atoms with van der Waals surface area (Å²) in [6, 6.07) is 8.41. The van der Waals surface area contributed by atoms with Crippen LogP contribution in [-0.4, -0.2) is 43.1 Å². The van der Waals surface area contributed by atoms with Gasteiger partial charge in [-0.2, -0.15) is 0 Å². The van der Waals surface area contributed by atoms with Gasteiger partial charge in [0, 0.05) is 13.0 Å². The molecule has 2 aliphatic heterocycles. The molecule has 2 fully saturated rings. The van der Waals surface area contributed by atoms with Crippen molar-refractivity contribution in [2.24, 2.45) is 11.8 Å². The Kier molecular flexibility index (Phi) is 9.22. The highest BCUT2D eigenvalue weighted by Crippen LogP contribution is 2.46. The van der Waals surface area contributed by atoms with Gasteiger partial charge in [-0.05, 0) is 81.4 Å². The highest BCUT2D eigenvalue weighted by atomic mass is 16.5. The first-order chi connectivity index (χ1) is 14.7. The van der Waals surface area contributed by atoms with Crippen LogP contribution >= 0.6 is 0 Å². The van der Waals surface area contributed by atoms with E-state index in [9.17, 15) is 4.79 Å². The number of benzene rings is 1. The molecule has 0 aromatic heterocycles. The summed E-state index contributed by atoms with van der Waals surface area (Å²) in [4.78, 5) is 10.6. The summed E-state index contributed by atoms with van der Waals surface area (Å²) < 4.78 is 17.9. The molecule has 0 spiro atoms. The zero-order valence-corrected chi connectivity index (χ0v) is 18.1. The Morgan fingerprint density at radius 1 is 1.17 bits per heavy atom. The first kappa shape index (κ1) is 22.8. The molecule has 2 saturated heterocycles. The number of allylic oxidation sites excluding steroid dienone is 1. The molecular weight excluding hydrogens is 380 g/mol. The number of ether oxygens (including phenoxy) is 3. The van der Waals surface area contributed by atoms with Crippen LogP contribution in [0.4, 0.5) is 0 Å². The maximum atomic E-state index is 10.6. The lowest BCUT2D eigenvalue weighted by Crippen LogP contribution is -2.30. The first-order valence-corrected chi connectivity index (χ1v) is 11.4.